The summed E-state index contributed by atoms with van der Waals surface area (Å²) in [7, 11) is 1.35. The van der Waals surface area contributed by atoms with Gasteiger partial charge in [-0.15, -0.1) is 0 Å². The van der Waals surface area contributed by atoms with Crippen LogP contribution in [-0.4, -0.2) is 23.2 Å². The second kappa shape index (κ2) is 8.47. The summed E-state index contributed by atoms with van der Waals surface area (Å²) in [5.74, 6) is -1.05. The van der Waals surface area contributed by atoms with Gasteiger partial charge in [0, 0.05) is 23.3 Å². The number of aliphatic hydroxyl groups is 1. The third kappa shape index (κ3) is 4.69. The topological polar surface area (TPSA) is 59.4 Å². The number of carbonyl (C=O) groups excluding carboxylic acids is 1. The minimum Gasteiger partial charge on any atom is -0.469 e. The zero-order valence-corrected chi connectivity index (χ0v) is 15.0. The van der Waals surface area contributed by atoms with Crippen molar-refractivity contribution in [3.8, 4) is 0 Å². The third-order valence-electron chi connectivity index (χ3n) is 3.96. The van der Waals surface area contributed by atoms with E-state index < -0.39 is 6.10 Å². The lowest BCUT2D eigenvalue weighted by Gasteiger charge is -2.25. The van der Waals surface area contributed by atoms with Crippen LogP contribution in [0.3, 0.4) is 0 Å². The highest BCUT2D eigenvalue weighted by atomic mass is 35.5. The average Bonchev–Trinajstić information content (AvgIpc) is 2.58. The predicted molar refractivity (Wildman–Crippen MR) is 94.2 cm³/mol. The van der Waals surface area contributed by atoms with Crippen LogP contribution in [0.15, 0.2) is 42.7 Å². The van der Waals surface area contributed by atoms with Crippen molar-refractivity contribution in [2.45, 2.75) is 25.4 Å². The molecule has 0 spiro atoms. The number of nitrogens with zero attached hydrogens (tertiary/aromatic N) is 1. The number of benzene rings is 1. The third-order valence-corrected chi connectivity index (χ3v) is 4.42. The summed E-state index contributed by atoms with van der Waals surface area (Å²) in [5.41, 5.74) is 1.47. The van der Waals surface area contributed by atoms with Crippen molar-refractivity contribution in [3.05, 3.63) is 63.9 Å². The summed E-state index contributed by atoms with van der Waals surface area (Å²) in [6.07, 6.45) is 2.76. The number of esters is 1. The normalized spacial score (nSPS) is 14.7. The van der Waals surface area contributed by atoms with Crippen LogP contribution in [0.1, 0.15) is 36.5 Å². The number of hydrogen-bond donors (Lipinski definition) is 1. The summed E-state index contributed by atoms with van der Waals surface area (Å²) in [6, 6.07) is 8.72. The van der Waals surface area contributed by atoms with Gasteiger partial charge in [0.15, 0.2) is 0 Å². The van der Waals surface area contributed by atoms with Crippen LogP contribution in [0, 0.1) is 5.92 Å². The molecule has 0 fully saturated rings. The first-order chi connectivity index (χ1) is 11.4. The molecule has 0 saturated carbocycles. The average molecular weight is 368 g/mol. The number of methoxy groups -OCH3 is 1. The second-order valence-electron chi connectivity index (χ2n) is 5.70. The highest BCUT2D eigenvalue weighted by Crippen LogP contribution is 2.37. The Bertz CT molecular complexity index is 691. The van der Waals surface area contributed by atoms with Gasteiger partial charge in [0.2, 0.25) is 0 Å². The molecule has 1 aromatic heterocycles. The van der Waals surface area contributed by atoms with Crippen molar-refractivity contribution >= 4 is 29.2 Å². The number of aromatic nitrogens is 1. The van der Waals surface area contributed by atoms with Gasteiger partial charge >= 0.3 is 5.97 Å². The molecule has 1 N–H and O–H groups in total. The van der Waals surface area contributed by atoms with E-state index in [2.05, 4.69) is 4.98 Å². The molecule has 2 rings (SSSR count). The van der Waals surface area contributed by atoms with E-state index in [-0.39, 0.29) is 17.8 Å². The molecule has 2 aromatic rings. The Labute approximate surface area is 151 Å². The molecule has 0 aliphatic rings. The van der Waals surface area contributed by atoms with Gasteiger partial charge in [-0.2, -0.15) is 0 Å². The highest BCUT2D eigenvalue weighted by molar-refractivity contribution is 6.30. The maximum Gasteiger partial charge on any atom is 0.308 e. The van der Waals surface area contributed by atoms with Crippen molar-refractivity contribution in [2.24, 2.45) is 5.92 Å². The molecule has 24 heavy (non-hydrogen) atoms. The lowest BCUT2D eigenvalue weighted by molar-refractivity contribution is -0.145. The number of ether oxygens (including phenoxy) is 1. The monoisotopic (exact) mass is 367 g/mol. The maximum absolute atomic E-state index is 11.8. The van der Waals surface area contributed by atoms with Gasteiger partial charge in [-0.25, -0.2) is 0 Å². The fraction of sp³-hybridized carbons (Fsp3) is 0.333. The van der Waals surface area contributed by atoms with Gasteiger partial charge in [0.1, 0.15) is 0 Å². The predicted octanol–water partition coefficient (Wildman–Crippen LogP) is 4.40. The van der Waals surface area contributed by atoms with E-state index in [1.165, 1.54) is 13.3 Å². The summed E-state index contributed by atoms with van der Waals surface area (Å²) >= 11 is 11.9. The fourth-order valence-corrected chi connectivity index (χ4v) is 2.96. The molecule has 1 heterocycles. The Balaban J connectivity index is 2.34. The number of aliphatic hydroxyl groups excluding tert-OH is 1. The molecule has 0 radical (unpaired) electrons. The minimum atomic E-state index is -0.824. The molecule has 0 aliphatic heterocycles. The van der Waals surface area contributed by atoms with Gasteiger partial charge in [-0.3, -0.25) is 9.78 Å². The molecule has 3 atom stereocenters. The molecular formula is C18H19Cl2NO3. The van der Waals surface area contributed by atoms with Crippen LogP contribution < -0.4 is 0 Å². The molecule has 0 aliphatic carbocycles. The first kappa shape index (κ1) is 18.7. The summed E-state index contributed by atoms with van der Waals surface area (Å²) in [4.78, 5) is 15.9. The number of pyridine rings is 1. The maximum atomic E-state index is 11.8. The van der Waals surface area contributed by atoms with Gasteiger partial charge in [-0.1, -0.05) is 42.3 Å². The number of halogens is 2. The fourth-order valence-electron chi connectivity index (χ4n) is 2.65. The zero-order chi connectivity index (χ0) is 17.7. The Hall–Kier alpha value is -1.62. The van der Waals surface area contributed by atoms with E-state index >= 15 is 0 Å². The molecule has 4 nitrogen and oxygen atoms in total. The second-order valence-corrected chi connectivity index (χ2v) is 6.57. The number of carbonyl (C=O) groups is 1. The standard InChI is InChI=1S/C18H19Cl2NO3/c1-11(18(23)24-2)7-16(13-8-15(20)10-21-9-13)17(22)12-3-5-14(19)6-4-12/h3-6,8-11,16-17,22H,7H2,1-2H3/t11?,16-,17+/m1/s1. The Kier molecular flexibility index (Phi) is 6.60. The summed E-state index contributed by atoms with van der Waals surface area (Å²) in [5, 5.41) is 11.9. The van der Waals surface area contributed by atoms with Crippen LogP contribution >= 0.6 is 23.2 Å². The van der Waals surface area contributed by atoms with E-state index in [4.69, 9.17) is 27.9 Å². The minimum absolute atomic E-state index is 0.321. The Morgan fingerprint density at radius 2 is 1.83 bits per heavy atom. The lowest BCUT2D eigenvalue weighted by Crippen LogP contribution is -2.20. The van der Waals surface area contributed by atoms with Crippen molar-refractivity contribution in [1.82, 2.24) is 4.98 Å². The van der Waals surface area contributed by atoms with Crippen LogP contribution in [0.4, 0.5) is 0 Å². The van der Waals surface area contributed by atoms with Crippen LogP contribution in [-0.2, 0) is 9.53 Å². The van der Waals surface area contributed by atoms with Crippen LogP contribution in [0.25, 0.3) is 0 Å². The molecule has 0 bridgehead atoms. The molecular weight excluding hydrogens is 349 g/mol. The van der Waals surface area contributed by atoms with Crippen LogP contribution in [0.2, 0.25) is 10.0 Å². The van der Waals surface area contributed by atoms with E-state index in [0.29, 0.717) is 22.0 Å². The van der Waals surface area contributed by atoms with Crippen molar-refractivity contribution in [2.75, 3.05) is 7.11 Å². The zero-order valence-electron chi connectivity index (χ0n) is 13.4. The SMILES string of the molecule is COC(=O)C(C)C[C@H](c1cncc(Cl)c1)[C@@H](O)c1ccc(Cl)cc1. The van der Waals surface area contributed by atoms with Crippen LogP contribution in [0.5, 0.6) is 0 Å². The van der Waals surface area contributed by atoms with Crippen molar-refractivity contribution in [1.29, 1.82) is 0 Å². The molecule has 1 aromatic carbocycles. The smallest absolute Gasteiger partial charge is 0.308 e. The van der Waals surface area contributed by atoms with Gasteiger partial charge in [0.25, 0.3) is 0 Å². The lowest BCUT2D eigenvalue weighted by atomic mass is 9.83. The van der Waals surface area contributed by atoms with Gasteiger partial charge in [0.05, 0.1) is 24.2 Å². The quantitative estimate of drug-likeness (QED) is 0.768. The van der Waals surface area contributed by atoms with Crippen molar-refractivity contribution in [3.63, 3.8) is 0 Å². The first-order valence-electron chi connectivity index (χ1n) is 7.54. The Morgan fingerprint density at radius 3 is 2.42 bits per heavy atom. The van der Waals surface area contributed by atoms with E-state index in [9.17, 15) is 9.90 Å². The van der Waals surface area contributed by atoms with Gasteiger partial charge < -0.3 is 9.84 Å². The Morgan fingerprint density at radius 1 is 1.17 bits per heavy atom. The van der Waals surface area contributed by atoms with E-state index in [0.717, 1.165) is 5.56 Å². The van der Waals surface area contributed by atoms with E-state index in [1.807, 2.05) is 0 Å². The van der Waals surface area contributed by atoms with Gasteiger partial charge in [-0.05, 0) is 35.7 Å². The summed E-state index contributed by atoms with van der Waals surface area (Å²) < 4.78 is 4.79. The number of hydrogen-bond acceptors (Lipinski definition) is 4. The molecule has 1 unspecified atom stereocenters. The highest BCUT2D eigenvalue weighted by Gasteiger charge is 2.28. The molecule has 0 amide bonds. The molecule has 0 saturated heterocycles. The molecule has 128 valence electrons. The molecule has 6 heteroatoms. The first-order valence-corrected chi connectivity index (χ1v) is 8.29. The largest absolute Gasteiger partial charge is 0.469 e. The van der Waals surface area contributed by atoms with Crippen molar-refractivity contribution < 1.29 is 14.6 Å². The number of rotatable bonds is 6. The van der Waals surface area contributed by atoms with E-state index in [1.54, 1.807) is 43.5 Å². The summed E-state index contributed by atoms with van der Waals surface area (Å²) in [6.45, 7) is 1.77.